The number of hydrogen-bond donors (Lipinski definition) is 1. The molecule has 0 unspecified atom stereocenters. The van der Waals surface area contributed by atoms with Crippen LogP contribution in [0.3, 0.4) is 0 Å². The van der Waals surface area contributed by atoms with E-state index >= 15 is 0 Å². The lowest BCUT2D eigenvalue weighted by Crippen LogP contribution is -2.47. The molecule has 5 nitrogen and oxygen atoms in total. The van der Waals surface area contributed by atoms with E-state index in [0.29, 0.717) is 6.61 Å². The van der Waals surface area contributed by atoms with Gasteiger partial charge in [0, 0.05) is 25.5 Å². The van der Waals surface area contributed by atoms with Crippen molar-refractivity contribution in [3.63, 3.8) is 0 Å². The zero-order valence-corrected chi connectivity index (χ0v) is 13.2. The molecule has 0 aliphatic carbocycles. The standard InChI is InChI=1S/C17H23N3O2/c1-13-8-14(2)17(20-5-3-4-18-20)15(9-13)10-19-6-7-22-12-16(19)11-21/h3-5,8-9,16,21H,6-7,10-12H2,1-2H3/t16-/m1/s1. The minimum atomic E-state index is 0.0695. The Bertz CT molecular complexity index is 625. The first-order valence-electron chi connectivity index (χ1n) is 7.72. The summed E-state index contributed by atoms with van der Waals surface area (Å²) in [4.78, 5) is 2.30. The maximum atomic E-state index is 9.56. The molecule has 0 bridgehead atoms. The van der Waals surface area contributed by atoms with Crippen LogP contribution in [-0.2, 0) is 11.3 Å². The first-order chi connectivity index (χ1) is 10.7. The highest BCUT2D eigenvalue weighted by Crippen LogP contribution is 2.24. The van der Waals surface area contributed by atoms with Gasteiger partial charge in [-0.25, -0.2) is 4.68 Å². The van der Waals surface area contributed by atoms with Gasteiger partial charge in [-0.05, 0) is 31.0 Å². The maximum absolute atomic E-state index is 9.56. The summed E-state index contributed by atoms with van der Waals surface area (Å²) in [6.45, 7) is 7.32. The van der Waals surface area contributed by atoms with Crippen molar-refractivity contribution in [3.8, 4) is 5.69 Å². The Hall–Kier alpha value is -1.69. The van der Waals surface area contributed by atoms with Gasteiger partial charge >= 0.3 is 0 Å². The molecule has 2 heterocycles. The molecule has 1 aliphatic rings. The van der Waals surface area contributed by atoms with Crippen LogP contribution < -0.4 is 0 Å². The lowest BCUT2D eigenvalue weighted by Gasteiger charge is -2.35. The number of hydrogen-bond acceptors (Lipinski definition) is 4. The van der Waals surface area contributed by atoms with E-state index in [1.54, 1.807) is 6.20 Å². The van der Waals surface area contributed by atoms with Crippen LogP contribution in [0.1, 0.15) is 16.7 Å². The van der Waals surface area contributed by atoms with Gasteiger partial charge in [0.2, 0.25) is 0 Å². The number of aromatic nitrogens is 2. The molecule has 1 aromatic heterocycles. The molecule has 1 saturated heterocycles. The van der Waals surface area contributed by atoms with Gasteiger partial charge < -0.3 is 9.84 Å². The summed E-state index contributed by atoms with van der Waals surface area (Å²) in [6, 6.07) is 6.41. The molecule has 1 atom stereocenters. The molecule has 1 aliphatic heterocycles. The summed E-state index contributed by atoms with van der Waals surface area (Å²) >= 11 is 0. The highest BCUT2D eigenvalue weighted by molar-refractivity contribution is 5.49. The quantitative estimate of drug-likeness (QED) is 0.933. The molecule has 5 heteroatoms. The highest BCUT2D eigenvalue weighted by atomic mass is 16.5. The van der Waals surface area contributed by atoms with Gasteiger partial charge in [0.15, 0.2) is 0 Å². The third kappa shape index (κ3) is 3.06. The summed E-state index contributed by atoms with van der Waals surface area (Å²) in [6.07, 6.45) is 3.78. The Morgan fingerprint density at radius 3 is 2.95 bits per heavy atom. The zero-order valence-electron chi connectivity index (χ0n) is 13.2. The number of ether oxygens (including phenoxy) is 1. The van der Waals surface area contributed by atoms with Crippen LogP contribution >= 0.6 is 0 Å². The number of rotatable bonds is 4. The van der Waals surface area contributed by atoms with E-state index in [9.17, 15) is 5.11 Å². The second-order valence-corrected chi connectivity index (χ2v) is 5.92. The molecule has 3 rings (SSSR count). The Labute approximate surface area is 131 Å². The second kappa shape index (κ2) is 6.60. The van der Waals surface area contributed by atoms with Crippen LogP contribution in [0, 0.1) is 13.8 Å². The van der Waals surface area contributed by atoms with E-state index in [1.807, 2.05) is 16.9 Å². The van der Waals surface area contributed by atoms with Crippen LogP contribution in [0.25, 0.3) is 5.69 Å². The molecule has 1 aromatic carbocycles. The maximum Gasteiger partial charge on any atom is 0.0719 e. The average Bonchev–Trinajstić information content (AvgIpc) is 3.01. The highest BCUT2D eigenvalue weighted by Gasteiger charge is 2.23. The predicted octanol–water partition coefficient (Wildman–Crippen LogP) is 1.68. The molecule has 0 amide bonds. The van der Waals surface area contributed by atoms with Crippen molar-refractivity contribution >= 4 is 0 Å². The van der Waals surface area contributed by atoms with E-state index in [1.165, 1.54) is 16.7 Å². The van der Waals surface area contributed by atoms with Gasteiger partial charge in [-0.3, -0.25) is 4.90 Å². The van der Waals surface area contributed by atoms with E-state index in [0.717, 1.165) is 25.4 Å². The summed E-state index contributed by atoms with van der Waals surface area (Å²) in [7, 11) is 0. The summed E-state index contributed by atoms with van der Waals surface area (Å²) in [5.74, 6) is 0. The Morgan fingerprint density at radius 2 is 2.23 bits per heavy atom. The van der Waals surface area contributed by atoms with Gasteiger partial charge in [-0.1, -0.05) is 17.7 Å². The molecule has 118 valence electrons. The molecule has 0 saturated carbocycles. The van der Waals surface area contributed by atoms with Crippen molar-refractivity contribution in [1.82, 2.24) is 14.7 Å². The molecule has 0 radical (unpaired) electrons. The molecule has 0 spiro atoms. The van der Waals surface area contributed by atoms with E-state index in [-0.39, 0.29) is 12.6 Å². The molecule has 22 heavy (non-hydrogen) atoms. The van der Waals surface area contributed by atoms with Gasteiger partial charge in [-0.2, -0.15) is 5.10 Å². The van der Waals surface area contributed by atoms with Gasteiger partial charge in [0.1, 0.15) is 0 Å². The smallest absolute Gasteiger partial charge is 0.0719 e. The average molecular weight is 301 g/mol. The number of morpholine rings is 1. The normalized spacial score (nSPS) is 19.5. The number of benzene rings is 1. The predicted molar refractivity (Wildman–Crippen MR) is 85.1 cm³/mol. The number of aliphatic hydroxyl groups is 1. The third-order valence-electron chi connectivity index (χ3n) is 4.19. The SMILES string of the molecule is Cc1cc(C)c(-n2cccn2)c(CN2CCOC[C@H]2CO)c1. The Morgan fingerprint density at radius 1 is 1.36 bits per heavy atom. The number of aryl methyl sites for hydroxylation is 2. The first-order valence-corrected chi connectivity index (χ1v) is 7.72. The largest absolute Gasteiger partial charge is 0.395 e. The monoisotopic (exact) mass is 301 g/mol. The van der Waals surface area contributed by atoms with Crippen LogP contribution in [0.4, 0.5) is 0 Å². The van der Waals surface area contributed by atoms with Crippen molar-refractivity contribution in [3.05, 3.63) is 47.3 Å². The van der Waals surface area contributed by atoms with Crippen LogP contribution in [0.15, 0.2) is 30.6 Å². The zero-order chi connectivity index (χ0) is 15.5. The van der Waals surface area contributed by atoms with Crippen molar-refractivity contribution in [2.24, 2.45) is 0 Å². The first kappa shape index (κ1) is 15.2. The van der Waals surface area contributed by atoms with Crippen molar-refractivity contribution < 1.29 is 9.84 Å². The van der Waals surface area contributed by atoms with Gasteiger partial charge in [0.25, 0.3) is 0 Å². The minimum Gasteiger partial charge on any atom is -0.395 e. The molecule has 1 N–H and O–H groups in total. The number of nitrogens with zero attached hydrogens (tertiary/aromatic N) is 3. The molecule has 1 fully saturated rings. The topological polar surface area (TPSA) is 50.5 Å². The van der Waals surface area contributed by atoms with E-state index < -0.39 is 0 Å². The van der Waals surface area contributed by atoms with Gasteiger partial charge in [0.05, 0.1) is 31.5 Å². The Balaban J connectivity index is 1.95. The van der Waals surface area contributed by atoms with Crippen molar-refractivity contribution in [2.45, 2.75) is 26.4 Å². The fraction of sp³-hybridized carbons (Fsp3) is 0.471. The molecular weight excluding hydrogens is 278 g/mol. The fourth-order valence-corrected chi connectivity index (χ4v) is 3.18. The van der Waals surface area contributed by atoms with E-state index in [2.05, 4.69) is 36.0 Å². The fourth-order valence-electron chi connectivity index (χ4n) is 3.18. The Kier molecular flexibility index (Phi) is 4.57. The lowest BCUT2D eigenvalue weighted by molar-refractivity contribution is -0.0312. The van der Waals surface area contributed by atoms with Crippen molar-refractivity contribution in [2.75, 3.05) is 26.4 Å². The summed E-state index contributed by atoms with van der Waals surface area (Å²) in [5.41, 5.74) is 4.84. The molecule has 2 aromatic rings. The summed E-state index contributed by atoms with van der Waals surface area (Å²) < 4.78 is 7.40. The van der Waals surface area contributed by atoms with Gasteiger partial charge in [-0.15, -0.1) is 0 Å². The number of aliphatic hydroxyl groups excluding tert-OH is 1. The van der Waals surface area contributed by atoms with Crippen LogP contribution in [0.5, 0.6) is 0 Å². The van der Waals surface area contributed by atoms with Crippen molar-refractivity contribution in [1.29, 1.82) is 0 Å². The minimum absolute atomic E-state index is 0.0695. The van der Waals surface area contributed by atoms with E-state index in [4.69, 9.17) is 4.74 Å². The van der Waals surface area contributed by atoms with Crippen LogP contribution in [0.2, 0.25) is 0 Å². The lowest BCUT2D eigenvalue weighted by atomic mass is 10.0. The second-order valence-electron chi connectivity index (χ2n) is 5.92. The molecular formula is C17H23N3O2. The van der Waals surface area contributed by atoms with Crippen LogP contribution in [-0.4, -0.2) is 52.2 Å². The third-order valence-corrected chi connectivity index (χ3v) is 4.19. The summed E-state index contributed by atoms with van der Waals surface area (Å²) in [5, 5.41) is 14.0.